The van der Waals surface area contributed by atoms with Crippen molar-refractivity contribution in [3.8, 4) is 11.8 Å². The van der Waals surface area contributed by atoms with Crippen LogP contribution in [0, 0.1) is 22.0 Å². The predicted molar refractivity (Wildman–Crippen MR) is 50.2 cm³/mol. The Morgan fingerprint density at radius 2 is 2.00 bits per heavy atom. The third-order valence-corrected chi connectivity index (χ3v) is 1.39. The normalized spacial score (nSPS) is 8.57. The Bertz CT molecular complexity index is 400. The number of hydrogen-bond donors (Lipinski definition) is 0. The second kappa shape index (κ2) is 4.77. The molecule has 0 saturated carbocycles. The van der Waals surface area contributed by atoms with Gasteiger partial charge in [0.25, 0.3) is 12.3 Å². The molecule has 0 atom stereocenters. The van der Waals surface area contributed by atoms with Gasteiger partial charge in [-0.15, -0.1) is 0 Å². The van der Waals surface area contributed by atoms with Crippen molar-refractivity contribution in [1.29, 1.82) is 0 Å². The maximum absolute atomic E-state index is 10.8. The van der Waals surface area contributed by atoms with Crippen LogP contribution >= 0.6 is 0 Å². The van der Waals surface area contributed by atoms with E-state index < -0.39 is 17.3 Å². The number of carbonyl (C=O) groups is 1. The van der Waals surface area contributed by atoms with Crippen molar-refractivity contribution in [2.75, 3.05) is 6.54 Å². The molecule has 14 heavy (non-hydrogen) atoms. The molecular weight excluding hydrogens is 182 g/mol. The van der Waals surface area contributed by atoms with Crippen molar-refractivity contribution in [1.82, 2.24) is 0 Å². The summed E-state index contributed by atoms with van der Waals surface area (Å²) in [6.07, 6.45) is 0. The first-order valence-corrected chi connectivity index (χ1v) is 3.90. The number of hydrogen-bond acceptors (Lipinski definition) is 3. The highest BCUT2D eigenvalue weighted by atomic mass is 16.6. The zero-order valence-corrected chi connectivity index (χ0v) is 7.27. The number of carbonyl (C=O) groups excluding carboxylic acids is 1. The van der Waals surface area contributed by atoms with E-state index in [-0.39, 0.29) is 0 Å². The predicted octanol–water partition coefficient (Wildman–Crippen LogP) is 0.884. The average Bonchev–Trinajstić information content (AvgIpc) is 2.15. The lowest BCUT2D eigenvalue weighted by Gasteiger charge is -1.86. The largest absolute Gasteiger partial charge is 0.277 e. The fourth-order valence-electron chi connectivity index (χ4n) is 0.820. The number of nitrogens with zero attached hydrogens (tertiary/aromatic N) is 1. The van der Waals surface area contributed by atoms with E-state index >= 15 is 0 Å². The Hall–Kier alpha value is -2.15. The molecule has 70 valence electrons. The van der Waals surface area contributed by atoms with Crippen molar-refractivity contribution in [2.45, 2.75) is 0 Å². The molecule has 0 aromatic heterocycles. The molecule has 0 radical (unpaired) electrons. The van der Waals surface area contributed by atoms with E-state index in [2.05, 4.69) is 11.8 Å². The molecule has 1 aromatic rings. The number of rotatable bonds is 2. The summed E-state index contributed by atoms with van der Waals surface area (Å²) >= 11 is 0. The standard InChI is InChI=1S/C10H7NO3/c12-10(8-11(13)14)7-6-9-4-2-1-3-5-9/h1-5H,8H2. The molecule has 0 aliphatic heterocycles. The molecule has 0 amide bonds. The van der Waals surface area contributed by atoms with E-state index in [1.807, 2.05) is 6.07 Å². The van der Waals surface area contributed by atoms with Gasteiger partial charge < -0.3 is 0 Å². The second-order valence-corrected chi connectivity index (χ2v) is 2.53. The maximum Gasteiger partial charge on any atom is 0.276 e. The topological polar surface area (TPSA) is 60.2 Å². The molecule has 0 heterocycles. The van der Waals surface area contributed by atoms with Crippen LogP contribution < -0.4 is 0 Å². The van der Waals surface area contributed by atoms with Crippen LogP contribution in [0.25, 0.3) is 0 Å². The van der Waals surface area contributed by atoms with Gasteiger partial charge in [-0.25, -0.2) is 0 Å². The van der Waals surface area contributed by atoms with Crippen LogP contribution in [0.3, 0.4) is 0 Å². The number of benzene rings is 1. The van der Waals surface area contributed by atoms with Crippen LogP contribution in [0.4, 0.5) is 0 Å². The molecule has 0 N–H and O–H groups in total. The molecule has 4 nitrogen and oxygen atoms in total. The van der Waals surface area contributed by atoms with Gasteiger partial charge in [0.15, 0.2) is 0 Å². The lowest BCUT2D eigenvalue weighted by Crippen LogP contribution is -2.10. The Morgan fingerprint density at radius 3 is 2.57 bits per heavy atom. The second-order valence-electron chi connectivity index (χ2n) is 2.53. The highest BCUT2D eigenvalue weighted by molar-refractivity contribution is 5.96. The molecule has 0 spiro atoms. The van der Waals surface area contributed by atoms with Crippen molar-refractivity contribution < 1.29 is 9.72 Å². The lowest BCUT2D eigenvalue weighted by molar-refractivity contribution is -0.466. The third-order valence-electron chi connectivity index (χ3n) is 1.39. The summed E-state index contributed by atoms with van der Waals surface area (Å²) in [7, 11) is 0. The Kier molecular flexibility index (Phi) is 3.39. The molecule has 1 rings (SSSR count). The van der Waals surface area contributed by atoms with Crippen LogP contribution in [0.5, 0.6) is 0 Å². The molecule has 0 unspecified atom stereocenters. The summed E-state index contributed by atoms with van der Waals surface area (Å²) in [6.45, 7) is -0.736. The van der Waals surface area contributed by atoms with Gasteiger partial charge in [0.05, 0.1) is 0 Å². The van der Waals surface area contributed by atoms with Gasteiger partial charge >= 0.3 is 0 Å². The van der Waals surface area contributed by atoms with Gasteiger partial charge in [-0.2, -0.15) is 0 Å². The monoisotopic (exact) mass is 189 g/mol. The summed E-state index contributed by atoms with van der Waals surface area (Å²) < 4.78 is 0. The number of ketones is 1. The zero-order valence-electron chi connectivity index (χ0n) is 7.27. The fraction of sp³-hybridized carbons (Fsp3) is 0.100. The average molecular weight is 189 g/mol. The molecule has 0 aliphatic carbocycles. The van der Waals surface area contributed by atoms with Crippen molar-refractivity contribution in [3.05, 3.63) is 46.0 Å². The summed E-state index contributed by atoms with van der Waals surface area (Å²) in [5, 5.41) is 9.94. The zero-order chi connectivity index (χ0) is 10.4. The van der Waals surface area contributed by atoms with Crippen molar-refractivity contribution in [3.63, 3.8) is 0 Å². The number of Topliss-reactive ketones (excluding diaryl/α,β-unsaturated/α-hetero) is 1. The highest BCUT2D eigenvalue weighted by Gasteiger charge is 2.04. The van der Waals surface area contributed by atoms with Gasteiger partial charge in [0.2, 0.25) is 0 Å². The molecule has 0 saturated heterocycles. The highest BCUT2D eigenvalue weighted by Crippen LogP contribution is 1.94. The molecule has 0 fully saturated rings. The minimum Gasteiger partial charge on any atom is -0.277 e. The minimum absolute atomic E-state index is 0.671. The summed E-state index contributed by atoms with van der Waals surface area (Å²) in [4.78, 5) is 20.1. The van der Waals surface area contributed by atoms with E-state index in [1.54, 1.807) is 24.3 Å². The Balaban J connectivity index is 2.65. The molecule has 0 aliphatic rings. The SMILES string of the molecule is O=C(C#Cc1ccccc1)C[N+](=O)[O-]. The molecule has 4 heteroatoms. The van der Waals surface area contributed by atoms with Crippen LogP contribution in [-0.4, -0.2) is 17.3 Å². The molecule has 1 aromatic carbocycles. The smallest absolute Gasteiger partial charge is 0.276 e. The third kappa shape index (κ3) is 3.50. The molecular formula is C10H7NO3. The Labute approximate surface area is 80.7 Å². The van der Waals surface area contributed by atoms with Crippen LogP contribution in [-0.2, 0) is 4.79 Å². The van der Waals surface area contributed by atoms with Gasteiger partial charge in [0.1, 0.15) is 0 Å². The van der Waals surface area contributed by atoms with Crippen LogP contribution in [0.2, 0.25) is 0 Å². The fourth-order valence-corrected chi connectivity index (χ4v) is 0.820. The van der Waals surface area contributed by atoms with Crippen molar-refractivity contribution >= 4 is 5.78 Å². The van der Waals surface area contributed by atoms with E-state index in [0.717, 1.165) is 0 Å². The number of nitro groups is 1. The first-order chi connectivity index (χ1) is 6.68. The van der Waals surface area contributed by atoms with E-state index in [4.69, 9.17) is 0 Å². The Morgan fingerprint density at radius 1 is 1.36 bits per heavy atom. The van der Waals surface area contributed by atoms with Crippen LogP contribution in [0.1, 0.15) is 5.56 Å². The van der Waals surface area contributed by atoms with E-state index in [0.29, 0.717) is 5.56 Å². The lowest BCUT2D eigenvalue weighted by atomic mass is 10.2. The maximum atomic E-state index is 10.8. The first kappa shape index (κ1) is 9.93. The van der Waals surface area contributed by atoms with Gasteiger partial charge in [-0.3, -0.25) is 14.9 Å². The van der Waals surface area contributed by atoms with E-state index in [1.165, 1.54) is 0 Å². The van der Waals surface area contributed by atoms with Gasteiger partial charge in [-0.05, 0) is 18.1 Å². The first-order valence-electron chi connectivity index (χ1n) is 3.90. The summed E-state index contributed by atoms with van der Waals surface area (Å²) in [5.74, 6) is 4.06. The van der Waals surface area contributed by atoms with Crippen molar-refractivity contribution in [2.24, 2.45) is 0 Å². The van der Waals surface area contributed by atoms with E-state index in [9.17, 15) is 14.9 Å². The minimum atomic E-state index is -0.736. The quantitative estimate of drug-likeness (QED) is 0.394. The molecule has 0 bridgehead atoms. The van der Waals surface area contributed by atoms with Gasteiger partial charge in [0, 0.05) is 10.5 Å². The van der Waals surface area contributed by atoms with Gasteiger partial charge in [-0.1, -0.05) is 24.1 Å². The van der Waals surface area contributed by atoms with Crippen LogP contribution in [0.15, 0.2) is 30.3 Å². The summed E-state index contributed by atoms with van der Waals surface area (Å²) in [5.41, 5.74) is 0.671. The summed E-state index contributed by atoms with van der Waals surface area (Å²) in [6, 6.07) is 8.84.